The van der Waals surface area contributed by atoms with Crippen molar-refractivity contribution in [2.75, 3.05) is 0 Å². The van der Waals surface area contributed by atoms with Crippen molar-refractivity contribution in [3.8, 4) is 11.5 Å². The highest BCUT2D eigenvalue weighted by atomic mass is 16.5. The molecule has 1 heterocycles. The molecular formula is C23H34O3. The van der Waals surface area contributed by atoms with Gasteiger partial charge in [-0.15, -0.1) is 0 Å². The fourth-order valence-electron chi connectivity index (χ4n) is 4.79. The van der Waals surface area contributed by atoms with Gasteiger partial charge in [0.05, 0.1) is 6.10 Å². The Morgan fingerprint density at radius 2 is 2.00 bits per heavy atom. The molecule has 1 aromatic carbocycles. The van der Waals surface area contributed by atoms with Gasteiger partial charge in [0.25, 0.3) is 0 Å². The van der Waals surface area contributed by atoms with Gasteiger partial charge < -0.3 is 14.9 Å². The lowest BCUT2D eigenvalue weighted by molar-refractivity contribution is -0.0239. The molecule has 3 nitrogen and oxygen atoms in total. The van der Waals surface area contributed by atoms with Gasteiger partial charge in [-0.05, 0) is 61.8 Å². The lowest BCUT2D eigenvalue weighted by Crippen LogP contribution is -2.48. The molecule has 1 fully saturated rings. The van der Waals surface area contributed by atoms with Crippen LogP contribution in [0.15, 0.2) is 24.3 Å². The van der Waals surface area contributed by atoms with Gasteiger partial charge in [0.2, 0.25) is 0 Å². The minimum atomic E-state index is -0.477. The van der Waals surface area contributed by atoms with Crippen molar-refractivity contribution >= 4 is 0 Å². The molecule has 0 spiro atoms. The first-order valence-electron chi connectivity index (χ1n) is 9.99. The molecule has 0 bridgehead atoms. The summed E-state index contributed by atoms with van der Waals surface area (Å²) in [5.74, 6) is 1.45. The molecule has 1 aliphatic carbocycles. The third-order valence-electron chi connectivity index (χ3n) is 6.61. The van der Waals surface area contributed by atoms with Crippen LogP contribution in [0.2, 0.25) is 0 Å². The largest absolute Gasteiger partial charge is 0.508 e. The van der Waals surface area contributed by atoms with E-state index in [1.807, 2.05) is 6.07 Å². The number of fused-ring (bicyclic) bond motifs is 3. The second-order valence-corrected chi connectivity index (χ2v) is 9.43. The Balaban J connectivity index is 2.05. The lowest BCUT2D eigenvalue weighted by Gasteiger charge is -2.49. The van der Waals surface area contributed by atoms with E-state index in [4.69, 9.17) is 4.74 Å². The zero-order valence-electron chi connectivity index (χ0n) is 16.9. The van der Waals surface area contributed by atoms with Crippen molar-refractivity contribution in [2.45, 2.75) is 89.8 Å². The fraction of sp³-hybridized carbons (Fsp3) is 0.652. The molecule has 1 aliphatic heterocycles. The van der Waals surface area contributed by atoms with Crippen molar-refractivity contribution in [3.63, 3.8) is 0 Å². The number of hydrogen-bond acceptors (Lipinski definition) is 3. The predicted octanol–water partition coefficient (Wildman–Crippen LogP) is 5.44. The number of ether oxygens (including phenoxy) is 1. The Kier molecular flexibility index (Phi) is 4.89. The molecule has 2 N–H and O–H groups in total. The summed E-state index contributed by atoms with van der Waals surface area (Å²) >= 11 is 0. The van der Waals surface area contributed by atoms with E-state index in [1.54, 1.807) is 0 Å². The Hall–Kier alpha value is -1.48. The predicted molar refractivity (Wildman–Crippen MR) is 106 cm³/mol. The molecule has 3 atom stereocenters. The smallest absolute Gasteiger partial charge is 0.127 e. The number of unbranched alkanes of at least 4 members (excludes halogenated alkanes) is 1. The molecule has 0 radical (unpaired) electrons. The number of aliphatic hydroxyl groups is 1. The number of hydrogen-bond donors (Lipinski definition) is 2. The first-order chi connectivity index (χ1) is 12.1. The third kappa shape index (κ3) is 3.26. The molecule has 1 saturated carbocycles. The van der Waals surface area contributed by atoms with E-state index in [2.05, 4.69) is 47.3 Å². The van der Waals surface area contributed by atoms with E-state index in [9.17, 15) is 10.2 Å². The van der Waals surface area contributed by atoms with Crippen LogP contribution in [-0.2, 0) is 5.41 Å². The van der Waals surface area contributed by atoms with Crippen LogP contribution >= 0.6 is 0 Å². The Morgan fingerprint density at radius 3 is 2.65 bits per heavy atom. The zero-order chi connectivity index (χ0) is 19.3. The SMILES string of the molecule is C=C1CC2c3c(O)cc(C(C)(C)CCCC)cc3OC(C)(C)C2CC1O. The molecule has 1 aromatic rings. The average molecular weight is 359 g/mol. The molecule has 0 amide bonds. The molecular weight excluding hydrogens is 324 g/mol. The van der Waals surface area contributed by atoms with Gasteiger partial charge in [-0.3, -0.25) is 0 Å². The summed E-state index contributed by atoms with van der Waals surface area (Å²) in [6.45, 7) is 14.9. The summed E-state index contributed by atoms with van der Waals surface area (Å²) in [7, 11) is 0. The molecule has 26 heavy (non-hydrogen) atoms. The zero-order valence-corrected chi connectivity index (χ0v) is 16.9. The van der Waals surface area contributed by atoms with Crippen molar-refractivity contribution in [1.82, 2.24) is 0 Å². The van der Waals surface area contributed by atoms with Gasteiger partial charge in [-0.2, -0.15) is 0 Å². The normalized spacial score (nSPS) is 27.5. The van der Waals surface area contributed by atoms with Crippen molar-refractivity contribution in [2.24, 2.45) is 5.92 Å². The average Bonchev–Trinajstić information content (AvgIpc) is 2.54. The first kappa shape index (κ1) is 19.3. The molecule has 0 saturated heterocycles. The molecule has 3 unspecified atom stereocenters. The molecule has 3 rings (SSSR count). The monoisotopic (exact) mass is 358 g/mol. The van der Waals surface area contributed by atoms with Gasteiger partial charge in [0.1, 0.15) is 17.1 Å². The van der Waals surface area contributed by atoms with Crippen LogP contribution in [0.5, 0.6) is 11.5 Å². The second kappa shape index (κ2) is 6.60. The van der Waals surface area contributed by atoms with E-state index in [0.29, 0.717) is 18.6 Å². The van der Waals surface area contributed by atoms with Gasteiger partial charge in [0.15, 0.2) is 0 Å². The van der Waals surface area contributed by atoms with Crippen LogP contribution in [0.4, 0.5) is 0 Å². The summed E-state index contributed by atoms with van der Waals surface area (Å²) in [4.78, 5) is 0. The minimum absolute atomic E-state index is 0.000766. The lowest BCUT2D eigenvalue weighted by atomic mass is 9.64. The highest BCUT2D eigenvalue weighted by molar-refractivity contribution is 5.54. The molecule has 2 aliphatic rings. The second-order valence-electron chi connectivity index (χ2n) is 9.43. The minimum Gasteiger partial charge on any atom is -0.508 e. The Bertz CT molecular complexity index is 702. The maximum atomic E-state index is 10.9. The van der Waals surface area contributed by atoms with Crippen LogP contribution in [0.3, 0.4) is 0 Å². The van der Waals surface area contributed by atoms with Gasteiger partial charge in [0, 0.05) is 17.4 Å². The maximum absolute atomic E-state index is 10.9. The molecule has 144 valence electrons. The molecule has 3 heteroatoms. The number of phenols is 1. The van der Waals surface area contributed by atoms with Crippen molar-refractivity contribution < 1.29 is 14.9 Å². The summed E-state index contributed by atoms with van der Waals surface area (Å²) in [5, 5.41) is 21.2. The Labute approximate surface area is 158 Å². The van der Waals surface area contributed by atoms with Crippen molar-refractivity contribution in [3.05, 3.63) is 35.4 Å². The van der Waals surface area contributed by atoms with E-state index in [-0.39, 0.29) is 22.9 Å². The number of benzene rings is 1. The van der Waals surface area contributed by atoms with Gasteiger partial charge in [-0.25, -0.2) is 0 Å². The standard InChI is InChI=1S/C23H34O3/c1-7-8-9-22(3,4)15-11-19(25)21-16-10-14(2)18(24)13-17(16)23(5,6)26-20(21)12-15/h11-12,16-18,24-25H,2,7-10,13H2,1,3-6H3. The highest BCUT2D eigenvalue weighted by Gasteiger charge is 2.48. The topological polar surface area (TPSA) is 49.7 Å². The maximum Gasteiger partial charge on any atom is 0.127 e. The van der Waals surface area contributed by atoms with Crippen LogP contribution in [0.1, 0.15) is 83.8 Å². The highest BCUT2D eigenvalue weighted by Crippen LogP contribution is 2.55. The van der Waals surface area contributed by atoms with Gasteiger partial charge in [-0.1, -0.05) is 40.2 Å². The van der Waals surface area contributed by atoms with E-state index in [0.717, 1.165) is 35.3 Å². The van der Waals surface area contributed by atoms with Crippen LogP contribution in [0, 0.1) is 5.92 Å². The number of rotatable bonds is 4. The first-order valence-corrected chi connectivity index (χ1v) is 9.99. The van der Waals surface area contributed by atoms with Crippen molar-refractivity contribution in [1.29, 1.82) is 0 Å². The van der Waals surface area contributed by atoms with E-state index in [1.165, 1.54) is 6.42 Å². The van der Waals surface area contributed by atoms with E-state index < -0.39 is 6.10 Å². The van der Waals surface area contributed by atoms with Crippen LogP contribution < -0.4 is 4.74 Å². The third-order valence-corrected chi connectivity index (χ3v) is 6.61. The van der Waals surface area contributed by atoms with Crippen LogP contribution in [-0.4, -0.2) is 21.9 Å². The van der Waals surface area contributed by atoms with E-state index >= 15 is 0 Å². The summed E-state index contributed by atoms with van der Waals surface area (Å²) in [6, 6.07) is 4.07. The summed E-state index contributed by atoms with van der Waals surface area (Å²) in [5.41, 5.74) is 2.52. The Morgan fingerprint density at radius 1 is 1.31 bits per heavy atom. The van der Waals surface area contributed by atoms with Crippen LogP contribution in [0.25, 0.3) is 0 Å². The quantitative estimate of drug-likeness (QED) is 0.704. The number of phenolic OH excluding ortho intramolecular Hbond substituents is 1. The molecule has 0 aromatic heterocycles. The summed E-state index contributed by atoms with van der Waals surface area (Å²) in [6.07, 6.45) is 4.28. The summed E-state index contributed by atoms with van der Waals surface area (Å²) < 4.78 is 6.39. The number of aliphatic hydroxyl groups excluding tert-OH is 1. The fourth-order valence-corrected chi connectivity index (χ4v) is 4.79. The van der Waals surface area contributed by atoms with Gasteiger partial charge >= 0.3 is 0 Å². The number of aromatic hydroxyl groups is 1.